The van der Waals surface area contributed by atoms with Gasteiger partial charge in [0.15, 0.2) is 0 Å². The Morgan fingerprint density at radius 2 is 2.05 bits per heavy atom. The predicted octanol–water partition coefficient (Wildman–Crippen LogP) is 2.76. The molecule has 20 heavy (non-hydrogen) atoms. The van der Waals surface area contributed by atoms with E-state index in [0.29, 0.717) is 5.41 Å². The highest BCUT2D eigenvalue weighted by atomic mass is 16.5. The molecule has 1 N–H and O–H groups in total. The van der Waals surface area contributed by atoms with Gasteiger partial charge in [0.05, 0.1) is 6.61 Å². The topological polar surface area (TPSA) is 24.5 Å². The fraction of sp³-hybridized carbons (Fsp3) is 1.00. The average molecular weight is 282 g/mol. The minimum atomic E-state index is 0.369. The summed E-state index contributed by atoms with van der Waals surface area (Å²) in [6, 6.07) is 0. The van der Waals surface area contributed by atoms with Crippen LogP contribution in [0.5, 0.6) is 0 Å². The number of hydrogen-bond acceptors (Lipinski definition) is 3. The van der Waals surface area contributed by atoms with Crippen LogP contribution in [0.1, 0.15) is 46.5 Å². The van der Waals surface area contributed by atoms with Crippen LogP contribution in [0.3, 0.4) is 0 Å². The molecule has 1 unspecified atom stereocenters. The molecule has 3 nitrogen and oxygen atoms in total. The zero-order valence-electron chi connectivity index (χ0n) is 13.8. The first-order chi connectivity index (χ1) is 9.63. The summed E-state index contributed by atoms with van der Waals surface area (Å²) in [5.41, 5.74) is 0.369. The Labute approximate surface area is 125 Å². The normalized spacial score (nSPS) is 29.4. The van der Waals surface area contributed by atoms with Gasteiger partial charge in [-0.25, -0.2) is 0 Å². The highest BCUT2D eigenvalue weighted by molar-refractivity contribution is 4.89. The Hall–Kier alpha value is -0.120. The van der Waals surface area contributed by atoms with Crippen LogP contribution in [0.2, 0.25) is 0 Å². The lowest BCUT2D eigenvalue weighted by atomic mass is 9.85. The van der Waals surface area contributed by atoms with Crippen LogP contribution in [-0.2, 0) is 4.74 Å². The molecule has 118 valence electrons. The Morgan fingerprint density at radius 1 is 1.30 bits per heavy atom. The number of hydrogen-bond donors (Lipinski definition) is 1. The second-order valence-electron chi connectivity index (χ2n) is 7.46. The molecule has 2 fully saturated rings. The molecule has 0 amide bonds. The summed E-state index contributed by atoms with van der Waals surface area (Å²) in [4.78, 5) is 2.69. The number of ether oxygens (including phenoxy) is 1. The van der Waals surface area contributed by atoms with E-state index >= 15 is 0 Å². The van der Waals surface area contributed by atoms with Crippen molar-refractivity contribution in [2.45, 2.75) is 46.5 Å². The van der Waals surface area contributed by atoms with Crippen molar-refractivity contribution >= 4 is 0 Å². The summed E-state index contributed by atoms with van der Waals surface area (Å²) >= 11 is 0. The van der Waals surface area contributed by atoms with Crippen molar-refractivity contribution in [3.63, 3.8) is 0 Å². The molecule has 2 rings (SSSR count). The minimum absolute atomic E-state index is 0.369. The highest BCUT2D eigenvalue weighted by Crippen LogP contribution is 2.31. The van der Waals surface area contributed by atoms with Gasteiger partial charge in [0.2, 0.25) is 0 Å². The lowest BCUT2D eigenvalue weighted by Crippen LogP contribution is -2.47. The van der Waals surface area contributed by atoms with Gasteiger partial charge in [0.25, 0.3) is 0 Å². The fourth-order valence-electron chi connectivity index (χ4n) is 3.62. The van der Waals surface area contributed by atoms with Gasteiger partial charge in [-0.05, 0) is 50.7 Å². The van der Waals surface area contributed by atoms with Gasteiger partial charge in [-0.2, -0.15) is 0 Å². The molecule has 0 radical (unpaired) electrons. The molecule has 1 atom stereocenters. The molecule has 0 spiro atoms. The molecule has 2 saturated heterocycles. The molecule has 0 aromatic rings. The van der Waals surface area contributed by atoms with Crippen LogP contribution in [0, 0.1) is 17.3 Å². The lowest BCUT2D eigenvalue weighted by Gasteiger charge is -2.38. The largest absolute Gasteiger partial charge is 0.381 e. The molecular weight excluding hydrogens is 248 g/mol. The number of rotatable bonds is 7. The van der Waals surface area contributed by atoms with Crippen LogP contribution in [0.25, 0.3) is 0 Å². The van der Waals surface area contributed by atoms with E-state index < -0.39 is 0 Å². The smallest absolute Gasteiger partial charge is 0.0547 e. The van der Waals surface area contributed by atoms with E-state index in [1.807, 2.05) is 0 Å². The summed E-state index contributed by atoms with van der Waals surface area (Å²) in [5.74, 6) is 1.70. The summed E-state index contributed by atoms with van der Waals surface area (Å²) in [5, 5.41) is 3.67. The van der Waals surface area contributed by atoms with Gasteiger partial charge in [-0.1, -0.05) is 27.2 Å². The van der Waals surface area contributed by atoms with Gasteiger partial charge < -0.3 is 15.0 Å². The second-order valence-corrected chi connectivity index (χ2v) is 7.46. The monoisotopic (exact) mass is 282 g/mol. The van der Waals surface area contributed by atoms with Crippen molar-refractivity contribution in [3.8, 4) is 0 Å². The maximum Gasteiger partial charge on any atom is 0.0547 e. The molecule has 3 heteroatoms. The molecule has 0 aliphatic carbocycles. The molecule has 0 aromatic heterocycles. The lowest BCUT2D eigenvalue weighted by molar-refractivity contribution is 0.0862. The van der Waals surface area contributed by atoms with E-state index in [0.717, 1.165) is 38.1 Å². The van der Waals surface area contributed by atoms with E-state index in [-0.39, 0.29) is 0 Å². The Balaban J connectivity index is 1.79. The molecule has 2 aliphatic rings. The summed E-state index contributed by atoms with van der Waals surface area (Å²) in [6.07, 6.45) is 5.38. The van der Waals surface area contributed by atoms with E-state index in [9.17, 15) is 0 Å². The first-order valence-electron chi connectivity index (χ1n) is 8.64. The van der Waals surface area contributed by atoms with Gasteiger partial charge in [-0.15, -0.1) is 0 Å². The molecule has 2 heterocycles. The van der Waals surface area contributed by atoms with Gasteiger partial charge >= 0.3 is 0 Å². The Morgan fingerprint density at radius 3 is 2.60 bits per heavy atom. The van der Waals surface area contributed by atoms with Crippen LogP contribution in [0.4, 0.5) is 0 Å². The second kappa shape index (κ2) is 7.77. The number of nitrogens with zero attached hydrogens (tertiary/aromatic N) is 1. The van der Waals surface area contributed by atoms with Gasteiger partial charge in [0, 0.05) is 25.1 Å². The Kier molecular flexibility index (Phi) is 6.31. The maximum absolute atomic E-state index is 5.74. The fourth-order valence-corrected chi connectivity index (χ4v) is 3.62. The van der Waals surface area contributed by atoms with Crippen molar-refractivity contribution in [2.75, 3.05) is 45.9 Å². The zero-order chi connectivity index (χ0) is 14.4. The van der Waals surface area contributed by atoms with Crippen LogP contribution in [0.15, 0.2) is 0 Å². The average Bonchev–Trinajstić information content (AvgIpc) is 2.88. The molecule has 2 aliphatic heterocycles. The van der Waals surface area contributed by atoms with Crippen molar-refractivity contribution in [1.29, 1.82) is 0 Å². The summed E-state index contributed by atoms with van der Waals surface area (Å²) in [7, 11) is 0. The highest BCUT2D eigenvalue weighted by Gasteiger charge is 2.37. The number of piperidine rings is 1. The minimum Gasteiger partial charge on any atom is -0.381 e. The standard InChI is InChI=1S/C17H34N2O/c1-4-16-5-8-19(9-6-16)13-17(7-10-20-14-17)12-18-11-15(2)3/h15-16,18H,4-14H2,1-3H3. The van der Waals surface area contributed by atoms with Gasteiger partial charge in [-0.3, -0.25) is 0 Å². The van der Waals surface area contributed by atoms with E-state index in [4.69, 9.17) is 4.74 Å². The summed E-state index contributed by atoms with van der Waals surface area (Å²) < 4.78 is 5.74. The molecule has 0 bridgehead atoms. The Bertz CT molecular complexity index is 266. The third-order valence-corrected chi connectivity index (χ3v) is 5.08. The third-order valence-electron chi connectivity index (χ3n) is 5.08. The number of likely N-dealkylation sites (tertiary alicyclic amines) is 1. The van der Waals surface area contributed by atoms with Crippen LogP contribution < -0.4 is 5.32 Å². The predicted molar refractivity (Wildman–Crippen MR) is 85.0 cm³/mol. The van der Waals surface area contributed by atoms with E-state index in [1.54, 1.807) is 0 Å². The summed E-state index contributed by atoms with van der Waals surface area (Å²) in [6.45, 7) is 14.9. The first-order valence-corrected chi connectivity index (χ1v) is 8.64. The zero-order valence-corrected chi connectivity index (χ0v) is 13.8. The molecular formula is C17H34N2O. The van der Waals surface area contributed by atoms with Gasteiger partial charge in [0.1, 0.15) is 0 Å². The van der Waals surface area contributed by atoms with Crippen molar-refractivity contribution in [1.82, 2.24) is 10.2 Å². The van der Waals surface area contributed by atoms with E-state index in [1.165, 1.54) is 45.3 Å². The maximum atomic E-state index is 5.74. The quantitative estimate of drug-likeness (QED) is 0.777. The third kappa shape index (κ3) is 4.71. The molecule has 0 aromatic carbocycles. The SMILES string of the molecule is CCC1CCN(CC2(CNCC(C)C)CCOC2)CC1. The first kappa shape index (κ1) is 16.3. The van der Waals surface area contributed by atoms with Crippen molar-refractivity contribution < 1.29 is 4.74 Å². The number of nitrogens with one attached hydrogen (secondary N) is 1. The van der Waals surface area contributed by atoms with Crippen molar-refractivity contribution in [3.05, 3.63) is 0 Å². The van der Waals surface area contributed by atoms with Crippen LogP contribution in [-0.4, -0.2) is 50.8 Å². The van der Waals surface area contributed by atoms with Crippen molar-refractivity contribution in [2.24, 2.45) is 17.3 Å². The van der Waals surface area contributed by atoms with Crippen LogP contribution >= 0.6 is 0 Å². The van der Waals surface area contributed by atoms with E-state index in [2.05, 4.69) is 31.0 Å². The molecule has 0 saturated carbocycles.